The zero-order valence-electron chi connectivity index (χ0n) is 14.3. The average molecular weight is 340 g/mol. The molecule has 2 heterocycles. The van der Waals surface area contributed by atoms with Gasteiger partial charge in [-0.25, -0.2) is 4.98 Å². The quantitative estimate of drug-likeness (QED) is 0.649. The second kappa shape index (κ2) is 6.61. The van der Waals surface area contributed by atoms with Crippen molar-refractivity contribution in [2.24, 2.45) is 7.05 Å². The Balaban J connectivity index is 1.66. The number of ether oxygens (including phenoxy) is 1. The number of rotatable bonds is 5. The average Bonchev–Trinajstić information content (AvgIpc) is 3.12. The summed E-state index contributed by atoms with van der Waals surface area (Å²) >= 11 is 1.62. The summed E-state index contributed by atoms with van der Waals surface area (Å²) < 4.78 is 7.66. The summed E-state index contributed by atoms with van der Waals surface area (Å²) in [6, 6.07) is 9.60. The summed E-state index contributed by atoms with van der Waals surface area (Å²) in [5.41, 5.74) is 4.84. The van der Waals surface area contributed by atoms with Gasteiger partial charge >= 0.3 is 0 Å². The summed E-state index contributed by atoms with van der Waals surface area (Å²) in [5, 5.41) is 3.02. The normalized spacial score (nSPS) is 10.8. The molecule has 0 radical (unpaired) electrons. The van der Waals surface area contributed by atoms with E-state index in [0.29, 0.717) is 5.75 Å². The van der Waals surface area contributed by atoms with Gasteiger partial charge in [0.1, 0.15) is 10.8 Å². The number of hydrogen-bond acceptors (Lipinski definition) is 4. The van der Waals surface area contributed by atoms with E-state index in [2.05, 4.69) is 4.98 Å². The minimum atomic E-state index is -0.00387. The lowest BCUT2D eigenvalue weighted by Gasteiger charge is -2.06. The van der Waals surface area contributed by atoms with Crippen molar-refractivity contribution in [2.45, 2.75) is 20.8 Å². The highest BCUT2D eigenvalue weighted by Crippen LogP contribution is 2.25. The minimum Gasteiger partial charge on any atom is -0.485 e. The molecule has 5 heteroatoms. The predicted octanol–water partition coefficient (Wildman–Crippen LogP) is 4.34. The van der Waals surface area contributed by atoms with Crippen molar-refractivity contribution in [1.29, 1.82) is 0 Å². The second-order valence-corrected chi connectivity index (χ2v) is 6.73. The molecule has 0 spiro atoms. The lowest BCUT2D eigenvalue weighted by atomic mass is 10.1. The van der Waals surface area contributed by atoms with Gasteiger partial charge in [-0.3, -0.25) is 4.79 Å². The van der Waals surface area contributed by atoms with E-state index in [1.165, 1.54) is 0 Å². The molecule has 1 aromatic carbocycles. The standard InChI is InChI=1S/C19H20N2O2S/c1-12-11-24-19(20-12)15-5-7-16(8-6-15)23-10-18(22)17-9-13(2)21(4)14(17)3/h5-9,11H,10H2,1-4H3. The van der Waals surface area contributed by atoms with Crippen molar-refractivity contribution < 1.29 is 9.53 Å². The highest BCUT2D eigenvalue weighted by molar-refractivity contribution is 7.13. The second-order valence-electron chi connectivity index (χ2n) is 5.87. The van der Waals surface area contributed by atoms with Crippen LogP contribution < -0.4 is 4.74 Å². The lowest BCUT2D eigenvalue weighted by Crippen LogP contribution is -2.12. The van der Waals surface area contributed by atoms with Crippen LogP contribution in [0, 0.1) is 20.8 Å². The van der Waals surface area contributed by atoms with E-state index in [4.69, 9.17) is 4.74 Å². The Bertz CT molecular complexity index is 875. The van der Waals surface area contributed by atoms with E-state index in [1.54, 1.807) is 11.3 Å². The van der Waals surface area contributed by atoms with Gasteiger partial charge in [0, 0.05) is 40.6 Å². The summed E-state index contributed by atoms with van der Waals surface area (Å²) in [6.07, 6.45) is 0. The molecule has 0 aliphatic carbocycles. The van der Waals surface area contributed by atoms with Crippen LogP contribution in [0.1, 0.15) is 27.4 Å². The third-order valence-corrected chi connectivity index (χ3v) is 5.18. The number of aromatic nitrogens is 2. The molecule has 0 bridgehead atoms. The van der Waals surface area contributed by atoms with Crippen LogP contribution in [0.2, 0.25) is 0 Å². The van der Waals surface area contributed by atoms with Crippen LogP contribution in [0.25, 0.3) is 10.6 Å². The topological polar surface area (TPSA) is 44.1 Å². The zero-order valence-corrected chi connectivity index (χ0v) is 15.1. The van der Waals surface area contributed by atoms with E-state index in [-0.39, 0.29) is 12.4 Å². The van der Waals surface area contributed by atoms with Crippen molar-refractivity contribution in [3.8, 4) is 16.3 Å². The molecule has 3 aromatic rings. The van der Waals surface area contributed by atoms with Crippen LogP contribution in [0.5, 0.6) is 5.75 Å². The molecule has 24 heavy (non-hydrogen) atoms. The number of carbonyl (C=O) groups is 1. The van der Waals surface area contributed by atoms with Crippen molar-refractivity contribution in [2.75, 3.05) is 6.61 Å². The molecule has 0 unspecified atom stereocenters. The summed E-state index contributed by atoms with van der Waals surface area (Å²) in [4.78, 5) is 16.8. The van der Waals surface area contributed by atoms with Gasteiger partial charge in [-0.2, -0.15) is 0 Å². The first-order valence-corrected chi connectivity index (χ1v) is 8.65. The van der Waals surface area contributed by atoms with Crippen molar-refractivity contribution in [3.05, 3.63) is 58.4 Å². The molecule has 0 saturated heterocycles. The number of Topliss-reactive ketones (excluding diaryl/α,β-unsaturated/α-hetero) is 1. The molecule has 0 N–H and O–H groups in total. The maximum Gasteiger partial charge on any atom is 0.202 e. The fraction of sp³-hybridized carbons (Fsp3) is 0.263. The van der Waals surface area contributed by atoms with Gasteiger partial charge < -0.3 is 9.30 Å². The van der Waals surface area contributed by atoms with Crippen LogP contribution in [0.4, 0.5) is 0 Å². The third-order valence-electron chi connectivity index (χ3n) is 4.17. The number of thiazole rings is 1. The third kappa shape index (κ3) is 3.26. The monoisotopic (exact) mass is 340 g/mol. The molecule has 0 fully saturated rings. The SMILES string of the molecule is Cc1csc(-c2ccc(OCC(=O)c3cc(C)n(C)c3C)cc2)n1. The number of hydrogen-bond donors (Lipinski definition) is 0. The van der Waals surface area contributed by atoms with E-state index < -0.39 is 0 Å². The van der Waals surface area contributed by atoms with Gasteiger partial charge in [-0.1, -0.05) is 0 Å². The first-order valence-electron chi connectivity index (χ1n) is 7.77. The molecule has 0 saturated carbocycles. The molecule has 3 rings (SSSR count). The lowest BCUT2D eigenvalue weighted by molar-refractivity contribution is 0.0921. The highest BCUT2D eigenvalue weighted by Gasteiger charge is 2.14. The molecular weight excluding hydrogens is 320 g/mol. The van der Waals surface area contributed by atoms with Gasteiger partial charge in [0.05, 0.1) is 0 Å². The van der Waals surface area contributed by atoms with Gasteiger partial charge in [-0.05, 0) is 51.1 Å². The molecule has 0 amide bonds. The Morgan fingerprint density at radius 1 is 1.21 bits per heavy atom. The van der Waals surface area contributed by atoms with Crippen LogP contribution in [-0.4, -0.2) is 21.9 Å². The maximum absolute atomic E-state index is 12.3. The van der Waals surface area contributed by atoms with Crippen molar-refractivity contribution in [3.63, 3.8) is 0 Å². The Morgan fingerprint density at radius 2 is 1.92 bits per heavy atom. The molecule has 124 valence electrons. The number of aryl methyl sites for hydroxylation is 2. The number of carbonyl (C=O) groups excluding carboxylic acids is 1. The summed E-state index contributed by atoms with van der Waals surface area (Å²) in [6.45, 7) is 5.96. The smallest absolute Gasteiger partial charge is 0.202 e. The molecular formula is C19H20N2O2S. The Morgan fingerprint density at radius 3 is 2.46 bits per heavy atom. The number of nitrogens with zero attached hydrogens (tertiary/aromatic N) is 2. The fourth-order valence-electron chi connectivity index (χ4n) is 2.54. The van der Waals surface area contributed by atoms with Gasteiger partial charge in [0.25, 0.3) is 0 Å². The molecule has 0 aliphatic heterocycles. The predicted molar refractivity (Wildman–Crippen MR) is 97.0 cm³/mol. The van der Waals surface area contributed by atoms with Gasteiger partial charge in [0.15, 0.2) is 6.61 Å². The highest BCUT2D eigenvalue weighted by atomic mass is 32.1. The Kier molecular flexibility index (Phi) is 4.53. The molecule has 0 atom stereocenters. The summed E-state index contributed by atoms with van der Waals surface area (Å²) in [5.74, 6) is 0.682. The van der Waals surface area contributed by atoms with Gasteiger partial charge in [0.2, 0.25) is 5.78 Å². The minimum absolute atomic E-state index is 0.00387. The van der Waals surface area contributed by atoms with Gasteiger partial charge in [-0.15, -0.1) is 11.3 Å². The summed E-state index contributed by atoms with van der Waals surface area (Å²) in [7, 11) is 1.96. The van der Waals surface area contributed by atoms with Crippen LogP contribution in [0.3, 0.4) is 0 Å². The largest absolute Gasteiger partial charge is 0.485 e. The van der Waals surface area contributed by atoms with E-state index in [9.17, 15) is 4.79 Å². The van der Waals surface area contributed by atoms with E-state index in [0.717, 1.165) is 33.2 Å². The Labute approximate surface area is 145 Å². The maximum atomic E-state index is 12.3. The fourth-order valence-corrected chi connectivity index (χ4v) is 3.35. The van der Waals surface area contributed by atoms with Crippen molar-refractivity contribution >= 4 is 17.1 Å². The molecule has 2 aromatic heterocycles. The van der Waals surface area contributed by atoms with E-state index in [1.807, 2.05) is 68.1 Å². The number of benzene rings is 1. The van der Waals surface area contributed by atoms with Crippen LogP contribution in [-0.2, 0) is 7.05 Å². The van der Waals surface area contributed by atoms with E-state index >= 15 is 0 Å². The van der Waals surface area contributed by atoms with Crippen LogP contribution in [0.15, 0.2) is 35.7 Å². The molecule has 4 nitrogen and oxygen atoms in total. The number of ketones is 1. The Hall–Kier alpha value is -2.40. The first-order chi connectivity index (χ1) is 11.5. The van der Waals surface area contributed by atoms with Crippen LogP contribution >= 0.6 is 11.3 Å². The first kappa shape index (κ1) is 16.5. The zero-order chi connectivity index (χ0) is 17.3. The molecule has 0 aliphatic rings. The van der Waals surface area contributed by atoms with Crippen molar-refractivity contribution in [1.82, 2.24) is 9.55 Å².